The molecule has 0 aliphatic heterocycles. The Hall–Kier alpha value is -0.820. The van der Waals surface area contributed by atoms with Crippen LogP contribution in [0.15, 0.2) is 12.1 Å². The molecule has 1 N–H and O–H groups in total. The molecule has 1 aromatic carbocycles. The average molecular weight is 218 g/mol. The molecule has 0 bridgehead atoms. The van der Waals surface area contributed by atoms with Gasteiger partial charge in [0.1, 0.15) is 0 Å². The van der Waals surface area contributed by atoms with Gasteiger partial charge in [-0.3, -0.25) is 0 Å². The van der Waals surface area contributed by atoms with Gasteiger partial charge in [-0.15, -0.1) is 0 Å². The zero-order chi connectivity index (χ0) is 11.7. The van der Waals surface area contributed by atoms with Crippen molar-refractivity contribution in [3.63, 3.8) is 0 Å². The smallest absolute Gasteiger partial charge is 0.0571 e. The van der Waals surface area contributed by atoms with Gasteiger partial charge in [0, 0.05) is 0 Å². The monoisotopic (exact) mass is 218 g/mol. The van der Waals surface area contributed by atoms with Crippen molar-refractivity contribution in [1.82, 2.24) is 0 Å². The van der Waals surface area contributed by atoms with Crippen molar-refractivity contribution in [1.29, 1.82) is 0 Å². The zero-order valence-electron chi connectivity index (χ0n) is 10.6. The molecule has 16 heavy (non-hydrogen) atoms. The van der Waals surface area contributed by atoms with Crippen molar-refractivity contribution < 1.29 is 5.11 Å². The van der Waals surface area contributed by atoms with Gasteiger partial charge in [0.2, 0.25) is 0 Å². The molecule has 88 valence electrons. The van der Waals surface area contributed by atoms with Crippen LogP contribution in [-0.2, 0) is 6.42 Å². The topological polar surface area (TPSA) is 20.2 Å². The van der Waals surface area contributed by atoms with Crippen LogP contribution in [0.3, 0.4) is 0 Å². The Bertz CT molecular complexity index is 377. The zero-order valence-corrected chi connectivity index (χ0v) is 10.6. The van der Waals surface area contributed by atoms with E-state index in [0.29, 0.717) is 5.92 Å². The normalized spacial score (nSPS) is 17.5. The lowest BCUT2D eigenvalue weighted by molar-refractivity contribution is 0.142. The molecule has 0 heterocycles. The highest BCUT2D eigenvalue weighted by Crippen LogP contribution is 2.34. The second-order valence-electron chi connectivity index (χ2n) is 5.31. The number of hydrogen-bond acceptors (Lipinski definition) is 1. The van der Waals surface area contributed by atoms with Gasteiger partial charge in [-0.2, -0.15) is 0 Å². The molecule has 1 fully saturated rings. The predicted molar refractivity (Wildman–Crippen MR) is 67.7 cm³/mol. The van der Waals surface area contributed by atoms with Crippen LogP contribution in [0.4, 0.5) is 0 Å². The molecule has 0 aromatic heterocycles. The highest BCUT2D eigenvalue weighted by atomic mass is 16.3. The Morgan fingerprint density at radius 2 is 1.75 bits per heavy atom. The summed E-state index contributed by atoms with van der Waals surface area (Å²) in [7, 11) is 0. The van der Waals surface area contributed by atoms with Crippen molar-refractivity contribution in [2.24, 2.45) is 5.92 Å². The summed E-state index contributed by atoms with van der Waals surface area (Å²) in [6.07, 6.45) is 4.33. The second kappa shape index (κ2) is 4.58. The van der Waals surface area contributed by atoms with E-state index in [9.17, 15) is 5.11 Å². The van der Waals surface area contributed by atoms with Crippen LogP contribution in [0.1, 0.15) is 41.5 Å². The number of hydrogen-bond donors (Lipinski definition) is 1. The maximum atomic E-state index is 9.87. The summed E-state index contributed by atoms with van der Waals surface area (Å²) in [6.45, 7) is 6.49. The third kappa shape index (κ3) is 2.65. The summed E-state index contributed by atoms with van der Waals surface area (Å²) in [5.41, 5.74) is 5.50. The molecule has 1 aliphatic rings. The van der Waals surface area contributed by atoms with Gasteiger partial charge in [-0.1, -0.05) is 12.1 Å². The first-order chi connectivity index (χ1) is 7.58. The summed E-state index contributed by atoms with van der Waals surface area (Å²) in [5.74, 6) is 0.604. The fraction of sp³-hybridized carbons (Fsp3) is 0.600. The largest absolute Gasteiger partial charge is 0.393 e. The van der Waals surface area contributed by atoms with Crippen LogP contribution in [0, 0.1) is 26.7 Å². The van der Waals surface area contributed by atoms with E-state index in [1.807, 2.05) is 0 Å². The van der Waals surface area contributed by atoms with E-state index in [4.69, 9.17) is 0 Å². The summed E-state index contributed by atoms with van der Waals surface area (Å²) in [6, 6.07) is 4.54. The van der Waals surface area contributed by atoms with Gasteiger partial charge in [0.15, 0.2) is 0 Å². The molecule has 0 amide bonds. The molecule has 1 aliphatic carbocycles. The maximum absolute atomic E-state index is 9.87. The van der Waals surface area contributed by atoms with E-state index < -0.39 is 0 Å². The number of aliphatic hydroxyl groups excluding tert-OH is 1. The van der Waals surface area contributed by atoms with E-state index in [2.05, 4.69) is 32.9 Å². The minimum absolute atomic E-state index is 0.0685. The first-order valence-corrected chi connectivity index (χ1v) is 6.32. The van der Waals surface area contributed by atoms with Gasteiger partial charge in [0.25, 0.3) is 0 Å². The number of aryl methyl sites for hydroxylation is 4. The average Bonchev–Trinajstić information content (AvgIpc) is 3.04. The van der Waals surface area contributed by atoms with Gasteiger partial charge >= 0.3 is 0 Å². The minimum atomic E-state index is -0.0685. The first kappa shape index (κ1) is 11.7. The minimum Gasteiger partial charge on any atom is -0.393 e. The molecule has 2 rings (SSSR count). The first-order valence-electron chi connectivity index (χ1n) is 6.32. The van der Waals surface area contributed by atoms with Crippen molar-refractivity contribution in [2.75, 3.05) is 0 Å². The van der Waals surface area contributed by atoms with Crippen molar-refractivity contribution >= 4 is 0 Å². The molecule has 0 spiro atoms. The van der Waals surface area contributed by atoms with Gasteiger partial charge in [0.05, 0.1) is 6.10 Å². The molecule has 1 atom stereocenters. The lowest BCUT2D eigenvalue weighted by Gasteiger charge is -2.12. The van der Waals surface area contributed by atoms with E-state index in [1.54, 1.807) is 0 Å². The van der Waals surface area contributed by atoms with Crippen LogP contribution in [-0.4, -0.2) is 11.2 Å². The second-order valence-corrected chi connectivity index (χ2v) is 5.31. The highest BCUT2D eigenvalue weighted by molar-refractivity contribution is 5.36. The van der Waals surface area contributed by atoms with E-state index in [-0.39, 0.29) is 6.10 Å². The third-order valence-electron chi connectivity index (χ3n) is 3.83. The molecular formula is C15H22O. The maximum Gasteiger partial charge on any atom is 0.0571 e. The standard InChI is InChI=1S/C15H22O/c1-10-8-12(3)14(9-11(10)2)6-7-15(16)13-4-5-13/h8-9,13,15-16H,4-7H2,1-3H3. The SMILES string of the molecule is Cc1cc(C)c(CCC(O)C2CC2)cc1C. The van der Waals surface area contributed by atoms with Gasteiger partial charge in [-0.05, 0) is 74.6 Å². The molecule has 0 radical (unpaired) electrons. The molecule has 1 saturated carbocycles. The van der Waals surface area contributed by atoms with Crippen molar-refractivity contribution in [3.8, 4) is 0 Å². The molecule has 0 saturated heterocycles. The highest BCUT2D eigenvalue weighted by Gasteiger charge is 2.29. The Morgan fingerprint density at radius 1 is 1.12 bits per heavy atom. The van der Waals surface area contributed by atoms with E-state index >= 15 is 0 Å². The van der Waals surface area contributed by atoms with Crippen LogP contribution < -0.4 is 0 Å². The summed E-state index contributed by atoms with van der Waals surface area (Å²) in [4.78, 5) is 0. The Balaban J connectivity index is 2.00. The van der Waals surface area contributed by atoms with E-state index in [1.165, 1.54) is 35.1 Å². The van der Waals surface area contributed by atoms with Crippen LogP contribution >= 0.6 is 0 Å². The van der Waals surface area contributed by atoms with Crippen molar-refractivity contribution in [3.05, 3.63) is 34.4 Å². The summed E-state index contributed by atoms with van der Waals surface area (Å²) in [5, 5.41) is 9.87. The lowest BCUT2D eigenvalue weighted by atomic mass is 9.96. The fourth-order valence-electron chi connectivity index (χ4n) is 2.31. The van der Waals surface area contributed by atoms with Crippen LogP contribution in [0.5, 0.6) is 0 Å². The number of benzene rings is 1. The Labute approximate surface area is 98.5 Å². The fourth-order valence-corrected chi connectivity index (χ4v) is 2.31. The van der Waals surface area contributed by atoms with Gasteiger partial charge < -0.3 is 5.11 Å². The molecular weight excluding hydrogens is 196 g/mol. The molecule has 1 nitrogen and oxygen atoms in total. The Morgan fingerprint density at radius 3 is 2.38 bits per heavy atom. The van der Waals surface area contributed by atoms with Crippen LogP contribution in [0.2, 0.25) is 0 Å². The number of rotatable bonds is 4. The number of aliphatic hydroxyl groups is 1. The predicted octanol–water partition coefficient (Wildman–Crippen LogP) is 3.32. The van der Waals surface area contributed by atoms with Crippen molar-refractivity contribution in [2.45, 2.75) is 52.6 Å². The molecule has 1 unspecified atom stereocenters. The Kier molecular flexibility index (Phi) is 3.34. The third-order valence-corrected chi connectivity index (χ3v) is 3.83. The summed E-state index contributed by atoms with van der Waals surface area (Å²) < 4.78 is 0. The van der Waals surface area contributed by atoms with Gasteiger partial charge in [-0.25, -0.2) is 0 Å². The quantitative estimate of drug-likeness (QED) is 0.822. The molecule has 1 heteroatoms. The molecule has 1 aromatic rings. The lowest BCUT2D eigenvalue weighted by Crippen LogP contribution is -2.10. The summed E-state index contributed by atoms with van der Waals surface area (Å²) >= 11 is 0. The van der Waals surface area contributed by atoms with Crippen LogP contribution in [0.25, 0.3) is 0 Å². The van der Waals surface area contributed by atoms with E-state index in [0.717, 1.165) is 12.8 Å².